The van der Waals surface area contributed by atoms with Gasteiger partial charge in [0.2, 0.25) is 11.8 Å². The number of halogens is 1. The number of nitrogens with zero attached hydrogens (tertiary/aromatic N) is 2. The van der Waals surface area contributed by atoms with Gasteiger partial charge in [0, 0.05) is 44.4 Å². The number of morpholine rings is 1. The number of ether oxygens (including phenoxy) is 2. The Labute approximate surface area is 178 Å². The van der Waals surface area contributed by atoms with Crippen molar-refractivity contribution in [2.45, 2.75) is 39.5 Å². The maximum atomic E-state index is 13.2. The third-order valence-electron chi connectivity index (χ3n) is 6.01. The summed E-state index contributed by atoms with van der Waals surface area (Å²) >= 11 is 0. The molecule has 0 spiro atoms. The average Bonchev–Trinajstić information content (AvgIpc) is 2.74. The Bertz CT molecular complexity index is 708. The first-order valence-corrected chi connectivity index (χ1v) is 10.9. The van der Waals surface area contributed by atoms with Gasteiger partial charge in [-0.15, -0.1) is 0 Å². The van der Waals surface area contributed by atoms with Gasteiger partial charge in [-0.25, -0.2) is 4.39 Å². The molecule has 2 aliphatic heterocycles. The van der Waals surface area contributed by atoms with Crippen LogP contribution in [-0.4, -0.2) is 67.6 Å². The van der Waals surface area contributed by atoms with Crippen molar-refractivity contribution in [2.75, 3.05) is 46.0 Å². The van der Waals surface area contributed by atoms with E-state index in [1.165, 1.54) is 12.1 Å². The minimum atomic E-state index is -0.335. The lowest BCUT2D eigenvalue weighted by molar-refractivity contribution is -0.141. The first-order valence-electron chi connectivity index (χ1n) is 10.9. The molecule has 0 aromatic heterocycles. The fourth-order valence-corrected chi connectivity index (χ4v) is 4.09. The second-order valence-corrected chi connectivity index (χ2v) is 8.89. The molecule has 0 unspecified atom stereocenters. The zero-order valence-corrected chi connectivity index (χ0v) is 18.1. The Morgan fingerprint density at radius 1 is 1.03 bits per heavy atom. The molecule has 1 aromatic carbocycles. The van der Waals surface area contributed by atoms with Crippen molar-refractivity contribution < 1.29 is 23.5 Å². The van der Waals surface area contributed by atoms with Crippen LogP contribution >= 0.6 is 0 Å². The molecule has 2 amide bonds. The van der Waals surface area contributed by atoms with E-state index < -0.39 is 0 Å². The Hall–Kier alpha value is -2.15. The van der Waals surface area contributed by atoms with E-state index in [1.54, 1.807) is 12.1 Å². The third kappa shape index (κ3) is 6.17. The topological polar surface area (TPSA) is 59.1 Å². The van der Waals surface area contributed by atoms with Crippen LogP contribution in [0.4, 0.5) is 4.39 Å². The van der Waals surface area contributed by atoms with E-state index in [0.717, 1.165) is 0 Å². The van der Waals surface area contributed by atoms with Crippen LogP contribution in [0.5, 0.6) is 5.75 Å². The summed E-state index contributed by atoms with van der Waals surface area (Å²) in [6.07, 6.45) is 2.37. The summed E-state index contributed by atoms with van der Waals surface area (Å²) in [4.78, 5) is 29.2. The molecule has 6 nitrogen and oxygen atoms in total. The normalized spacial score (nSPS) is 19.1. The van der Waals surface area contributed by atoms with E-state index in [-0.39, 0.29) is 23.0 Å². The van der Waals surface area contributed by atoms with Gasteiger partial charge in [0.15, 0.2) is 0 Å². The predicted octanol–water partition coefficient (Wildman–Crippen LogP) is 3.11. The minimum absolute atomic E-state index is 0.114. The van der Waals surface area contributed by atoms with E-state index in [1.807, 2.05) is 23.6 Å². The van der Waals surface area contributed by atoms with Crippen LogP contribution in [0.2, 0.25) is 0 Å². The maximum Gasteiger partial charge on any atom is 0.223 e. The SMILES string of the molecule is CC(C)CC(=O)N1CCC(COc2ccc(F)cc2)(CC(=O)N2CCOCC2)CC1. The zero-order valence-electron chi connectivity index (χ0n) is 18.1. The third-order valence-corrected chi connectivity index (χ3v) is 6.01. The second-order valence-electron chi connectivity index (χ2n) is 8.89. The van der Waals surface area contributed by atoms with Crippen molar-refractivity contribution >= 4 is 11.8 Å². The summed E-state index contributed by atoms with van der Waals surface area (Å²) in [6, 6.07) is 5.95. The molecule has 2 heterocycles. The lowest BCUT2D eigenvalue weighted by atomic mass is 9.75. The first kappa shape index (κ1) is 22.5. The molecule has 3 rings (SSSR count). The average molecular weight is 421 g/mol. The Kier molecular flexibility index (Phi) is 7.69. The molecule has 2 saturated heterocycles. The molecule has 0 bridgehead atoms. The van der Waals surface area contributed by atoms with Gasteiger partial charge < -0.3 is 19.3 Å². The van der Waals surface area contributed by atoms with Gasteiger partial charge >= 0.3 is 0 Å². The van der Waals surface area contributed by atoms with Crippen molar-refractivity contribution in [2.24, 2.45) is 11.3 Å². The smallest absolute Gasteiger partial charge is 0.223 e. The summed E-state index contributed by atoms with van der Waals surface area (Å²) in [5.74, 6) is 0.902. The molecule has 0 atom stereocenters. The van der Waals surface area contributed by atoms with E-state index in [9.17, 15) is 14.0 Å². The highest BCUT2D eigenvalue weighted by molar-refractivity contribution is 5.78. The fraction of sp³-hybridized carbons (Fsp3) is 0.652. The Morgan fingerprint density at radius 3 is 2.23 bits per heavy atom. The van der Waals surface area contributed by atoms with Crippen LogP contribution in [0.15, 0.2) is 24.3 Å². The van der Waals surface area contributed by atoms with E-state index in [4.69, 9.17) is 9.47 Å². The molecule has 0 N–H and O–H groups in total. The number of amides is 2. The highest BCUT2D eigenvalue weighted by atomic mass is 19.1. The molecule has 0 aliphatic carbocycles. The lowest BCUT2D eigenvalue weighted by Crippen LogP contribution is -2.49. The molecule has 166 valence electrons. The van der Waals surface area contributed by atoms with Gasteiger partial charge in [-0.1, -0.05) is 13.8 Å². The monoisotopic (exact) mass is 420 g/mol. The summed E-state index contributed by atoms with van der Waals surface area (Å²) in [7, 11) is 0. The van der Waals surface area contributed by atoms with Crippen LogP contribution in [0.3, 0.4) is 0 Å². The lowest BCUT2D eigenvalue weighted by Gasteiger charge is -2.42. The molecule has 7 heteroatoms. The number of hydrogen-bond acceptors (Lipinski definition) is 4. The van der Waals surface area contributed by atoms with Crippen LogP contribution in [-0.2, 0) is 14.3 Å². The van der Waals surface area contributed by atoms with Gasteiger partial charge in [0.05, 0.1) is 19.8 Å². The second kappa shape index (κ2) is 10.2. The number of piperidine rings is 1. The molecule has 2 fully saturated rings. The molecule has 30 heavy (non-hydrogen) atoms. The predicted molar refractivity (Wildman–Crippen MR) is 112 cm³/mol. The van der Waals surface area contributed by atoms with Gasteiger partial charge in [0.1, 0.15) is 11.6 Å². The standard InChI is InChI=1S/C23H33FN2O4/c1-18(2)15-21(27)25-9-7-23(8-10-25,16-22(28)26-11-13-29-14-12-26)17-30-20-5-3-19(24)4-6-20/h3-6,18H,7-17H2,1-2H3. The number of carbonyl (C=O) groups excluding carboxylic acids is 2. The molecule has 0 saturated carbocycles. The van der Waals surface area contributed by atoms with E-state index in [2.05, 4.69) is 0 Å². The fourth-order valence-electron chi connectivity index (χ4n) is 4.09. The van der Waals surface area contributed by atoms with Crippen LogP contribution in [0.1, 0.15) is 39.5 Å². The van der Waals surface area contributed by atoms with E-state index >= 15 is 0 Å². The molecule has 0 radical (unpaired) electrons. The summed E-state index contributed by atoms with van der Waals surface area (Å²) in [6.45, 7) is 8.11. The van der Waals surface area contributed by atoms with Crippen molar-refractivity contribution in [3.05, 3.63) is 30.1 Å². The van der Waals surface area contributed by atoms with Crippen molar-refractivity contribution in [1.29, 1.82) is 0 Å². The molecular weight excluding hydrogens is 387 g/mol. The number of rotatable bonds is 7. The molecule has 2 aliphatic rings. The number of likely N-dealkylation sites (tertiary alicyclic amines) is 1. The number of carbonyl (C=O) groups is 2. The number of benzene rings is 1. The van der Waals surface area contributed by atoms with Crippen LogP contribution < -0.4 is 4.74 Å². The van der Waals surface area contributed by atoms with Crippen LogP contribution in [0.25, 0.3) is 0 Å². The highest BCUT2D eigenvalue weighted by Crippen LogP contribution is 2.37. The van der Waals surface area contributed by atoms with Gasteiger partial charge in [-0.05, 0) is 43.0 Å². The minimum Gasteiger partial charge on any atom is -0.493 e. The molecule has 1 aromatic rings. The quantitative estimate of drug-likeness (QED) is 0.680. The van der Waals surface area contributed by atoms with Crippen LogP contribution in [0, 0.1) is 17.2 Å². The Balaban J connectivity index is 1.66. The maximum absolute atomic E-state index is 13.2. The van der Waals surface area contributed by atoms with Crippen molar-refractivity contribution in [1.82, 2.24) is 9.80 Å². The summed E-state index contributed by atoms with van der Waals surface area (Å²) in [5.41, 5.74) is -0.335. The Morgan fingerprint density at radius 2 is 1.63 bits per heavy atom. The zero-order chi connectivity index (χ0) is 21.6. The van der Waals surface area contributed by atoms with Gasteiger partial charge in [0.25, 0.3) is 0 Å². The van der Waals surface area contributed by atoms with Crippen molar-refractivity contribution in [3.8, 4) is 5.75 Å². The van der Waals surface area contributed by atoms with Gasteiger partial charge in [-0.2, -0.15) is 0 Å². The van der Waals surface area contributed by atoms with Crippen molar-refractivity contribution in [3.63, 3.8) is 0 Å². The summed E-state index contributed by atoms with van der Waals surface area (Å²) in [5, 5.41) is 0. The summed E-state index contributed by atoms with van der Waals surface area (Å²) < 4.78 is 24.5. The van der Waals surface area contributed by atoms with Gasteiger partial charge in [-0.3, -0.25) is 9.59 Å². The molecular formula is C23H33FN2O4. The first-order chi connectivity index (χ1) is 14.4. The largest absolute Gasteiger partial charge is 0.493 e. The van der Waals surface area contributed by atoms with E-state index in [0.29, 0.717) is 83.4 Å². The number of hydrogen-bond donors (Lipinski definition) is 0. The highest BCUT2D eigenvalue weighted by Gasteiger charge is 2.39.